The van der Waals surface area contributed by atoms with Crippen molar-refractivity contribution in [2.45, 2.75) is 6.54 Å². The van der Waals surface area contributed by atoms with Crippen molar-refractivity contribution < 1.29 is 19.0 Å². The Morgan fingerprint density at radius 3 is 2.50 bits per heavy atom. The highest BCUT2D eigenvalue weighted by atomic mass is 35.5. The van der Waals surface area contributed by atoms with E-state index in [1.807, 2.05) is 29.2 Å². The summed E-state index contributed by atoms with van der Waals surface area (Å²) >= 11 is 5.95. The van der Waals surface area contributed by atoms with Crippen molar-refractivity contribution in [2.24, 2.45) is 0 Å². The van der Waals surface area contributed by atoms with Crippen LogP contribution in [-0.2, 0) is 6.54 Å². The zero-order valence-corrected chi connectivity index (χ0v) is 16.6. The number of ether oxygens (including phenoxy) is 3. The second-order valence-corrected chi connectivity index (χ2v) is 7.33. The van der Waals surface area contributed by atoms with E-state index in [1.54, 1.807) is 19.2 Å². The minimum Gasteiger partial charge on any atom is -0.493 e. The van der Waals surface area contributed by atoms with E-state index in [-0.39, 0.29) is 5.91 Å². The Balaban J connectivity index is 1.40. The van der Waals surface area contributed by atoms with E-state index in [2.05, 4.69) is 4.90 Å². The van der Waals surface area contributed by atoms with Crippen LogP contribution in [0.25, 0.3) is 0 Å². The first-order chi connectivity index (χ1) is 13.6. The molecule has 148 valence electrons. The molecule has 2 aromatic rings. The molecular weight excluding hydrogens is 380 g/mol. The Morgan fingerprint density at radius 1 is 1.07 bits per heavy atom. The van der Waals surface area contributed by atoms with Crippen LogP contribution < -0.4 is 14.2 Å². The predicted octanol–water partition coefficient (Wildman–Crippen LogP) is 3.08. The number of fused-ring (bicyclic) bond motifs is 1. The number of rotatable bonds is 4. The summed E-state index contributed by atoms with van der Waals surface area (Å²) in [6, 6.07) is 11.4. The molecule has 0 spiro atoms. The van der Waals surface area contributed by atoms with Gasteiger partial charge in [0.25, 0.3) is 5.91 Å². The van der Waals surface area contributed by atoms with E-state index >= 15 is 0 Å². The Kier molecular flexibility index (Phi) is 5.59. The summed E-state index contributed by atoms with van der Waals surface area (Å²) in [4.78, 5) is 17.2. The number of benzene rings is 2. The highest BCUT2D eigenvalue weighted by Gasteiger charge is 2.26. The Hall–Kier alpha value is -2.44. The van der Waals surface area contributed by atoms with Gasteiger partial charge in [-0.15, -0.1) is 0 Å². The van der Waals surface area contributed by atoms with E-state index in [4.69, 9.17) is 25.8 Å². The molecule has 0 atom stereocenters. The molecule has 1 fully saturated rings. The molecule has 2 aromatic carbocycles. The zero-order chi connectivity index (χ0) is 19.5. The topological polar surface area (TPSA) is 51.2 Å². The molecule has 0 N–H and O–H groups in total. The number of carbonyl (C=O) groups is 1. The van der Waals surface area contributed by atoms with Gasteiger partial charge in [-0.3, -0.25) is 9.69 Å². The summed E-state index contributed by atoms with van der Waals surface area (Å²) in [5, 5.41) is 0.744. The highest BCUT2D eigenvalue weighted by Crippen LogP contribution is 2.40. The summed E-state index contributed by atoms with van der Waals surface area (Å²) < 4.78 is 16.6. The first kappa shape index (κ1) is 18.9. The maximum absolute atomic E-state index is 13.0. The van der Waals surface area contributed by atoms with Crippen molar-refractivity contribution in [1.29, 1.82) is 0 Å². The van der Waals surface area contributed by atoms with Gasteiger partial charge in [0.15, 0.2) is 11.5 Å². The standard InChI is InChI=1S/C21H23ClN2O4/c1-26-18-12-16(13-19-20(18)28-11-10-27-19)21(25)24-8-6-23(7-9-24)14-15-2-4-17(22)5-3-15/h2-5,12-13H,6-11,14H2,1H3. The lowest BCUT2D eigenvalue weighted by Gasteiger charge is -2.35. The predicted molar refractivity (Wildman–Crippen MR) is 107 cm³/mol. The van der Waals surface area contributed by atoms with Crippen LogP contribution in [0.5, 0.6) is 17.2 Å². The van der Waals surface area contributed by atoms with Crippen molar-refractivity contribution in [1.82, 2.24) is 9.80 Å². The Morgan fingerprint density at radius 2 is 1.79 bits per heavy atom. The van der Waals surface area contributed by atoms with Gasteiger partial charge in [-0.05, 0) is 29.8 Å². The lowest BCUT2D eigenvalue weighted by molar-refractivity contribution is 0.0627. The number of halogens is 1. The van der Waals surface area contributed by atoms with E-state index in [0.717, 1.165) is 24.7 Å². The maximum atomic E-state index is 13.0. The quantitative estimate of drug-likeness (QED) is 0.786. The molecule has 2 aliphatic rings. The molecule has 0 bridgehead atoms. The average Bonchev–Trinajstić information content (AvgIpc) is 2.74. The van der Waals surface area contributed by atoms with Gasteiger partial charge in [-0.25, -0.2) is 0 Å². The Labute approximate surface area is 169 Å². The molecule has 28 heavy (non-hydrogen) atoms. The average molecular weight is 403 g/mol. The first-order valence-electron chi connectivity index (χ1n) is 9.38. The fraction of sp³-hybridized carbons (Fsp3) is 0.381. The van der Waals surface area contributed by atoms with Crippen molar-refractivity contribution in [3.8, 4) is 17.2 Å². The van der Waals surface area contributed by atoms with Gasteiger partial charge < -0.3 is 19.1 Å². The van der Waals surface area contributed by atoms with Gasteiger partial charge in [-0.1, -0.05) is 23.7 Å². The van der Waals surface area contributed by atoms with Crippen molar-refractivity contribution in [3.05, 3.63) is 52.5 Å². The number of carbonyl (C=O) groups excluding carboxylic acids is 1. The molecule has 2 heterocycles. The van der Waals surface area contributed by atoms with Crippen LogP contribution in [0.4, 0.5) is 0 Å². The third-order valence-electron chi connectivity index (χ3n) is 5.05. The molecule has 0 unspecified atom stereocenters. The minimum absolute atomic E-state index is 0.0126. The van der Waals surface area contributed by atoms with Crippen molar-refractivity contribution >= 4 is 17.5 Å². The first-order valence-corrected chi connectivity index (χ1v) is 9.75. The maximum Gasteiger partial charge on any atom is 0.254 e. The van der Waals surface area contributed by atoms with Crippen LogP contribution >= 0.6 is 11.6 Å². The highest BCUT2D eigenvalue weighted by molar-refractivity contribution is 6.30. The third-order valence-corrected chi connectivity index (χ3v) is 5.31. The molecule has 0 aliphatic carbocycles. The minimum atomic E-state index is -0.0126. The molecule has 1 amide bonds. The molecule has 0 aromatic heterocycles. The van der Waals surface area contributed by atoms with Gasteiger partial charge in [0.05, 0.1) is 7.11 Å². The lowest BCUT2D eigenvalue weighted by Crippen LogP contribution is -2.48. The number of hydrogen-bond acceptors (Lipinski definition) is 5. The van der Waals surface area contributed by atoms with E-state index in [0.29, 0.717) is 49.1 Å². The third kappa shape index (κ3) is 4.03. The largest absolute Gasteiger partial charge is 0.493 e. The van der Waals surface area contributed by atoms with Crippen LogP contribution in [0, 0.1) is 0 Å². The molecule has 7 heteroatoms. The second kappa shape index (κ2) is 8.29. The van der Waals surface area contributed by atoms with Crippen LogP contribution in [0.2, 0.25) is 5.02 Å². The fourth-order valence-electron chi connectivity index (χ4n) is 3.54. The smallest absolute Gasteiger partial charge is 0.254 e. The molecule has 0 saturated carbocycles. The van der Waals surface area contributed by atoms with Crippen LogP contribution in [0.1, 0.15) is 15.9 Å². The Bertz CT molecular complexity index is 831. The second-order valence-electron chi connectivity index (χ2n) is 6.90. The van der Waals surface area contributed by atoms with Gasteiger partial charge in [-0.2, -0.15) is 0 Å². The van der Waals surface area contributed by atoms with Crippen LogP contribution in [0.15, 0.2) is 36.4 Å². The number of hydrogen-bond donors (Lipinski definition) is 0. The summed E-state index contributed by atoms with van der Waals surface area (Å²) in [7, 11) is 1.57. The lowest BCUT2D eigenvalue weighted by atomic mass is 10.1. The SMILES string of the molecule is COc1cc(C(=O)N2CCN(Cc3ccc(Cl)cc3)CC2)cc2c1OCCO2. The van der Waals surface area contributed by atoms with Crippen molar-refractivity contribution in [2.75, 3.05) is 46.5 Å². The summed E-state index contributed by atoms with van der Waals surface area (Å²) in [5.74, 6) is 1.65. The number of nitrogens with zero attached hydrogens (tertiary/aromatic N) is 2. The van der Waals surface area contributed by atoms with Crippen molar-refractivity contribution in [3.63, 3.8) is 0 Å². The number of piperazine rings is 1. The number of amides is 1. The van der Waals surface area contributed by atoms with Gasteiger partial charge >= 0.3 is 0 Å². The van der Waals surface area contributed by atoms with Gasteiger partial charge in [0.1, 0.15) is 13.2 Å². The number of methoxy groups -OCH3 is 1. The molecule has 2 aliphatic heterocycles. The summed E-state index contributed by atoms with van der Waals surface area (Å²) in [6.07, 6.45) is 0. The van der Waals surface area contributed by atoms with E-state index in [1.165, 1.54) is 5.56 Å². The van der Waals surface area contributed by atoms with Crippen LogP contribution in [0.3, 0.4) is 0 Å². The summed E-state index contributed by atoms with van der Waals surface area (Å²) in [5.41, 5.74) is 1.79. The van der Waals surface area contributed by atoms with E-state index in [9.17, 15) is 4.79 Å². The fourth-order valence-corrected chi connectivity index (χ4v) is 3.66. The monoisotopic (exact) mass is 402 g/mol. The van der Waals surface area contributed by atoms with Gasteiger partial charge in [0, 0.05) is 43.3 Å². The molecule has 4 rings (SSSR count). The van der Waals surface area contributed by atoms with E-state index < -0.39 is 0 Å². The zero-order valence-electron chi connectivity index (χ0n) is 15.8. The summed E-state index contributed by atoms with van der Waals surface area (Å²) in [6.45, 7) is 4.83. The normalized spacial score (nSPS) is 16.7. The van der Waals surface area contributed by atoms with Gasteiger partial charge in [0.2, 0.25) is 5.75 Å². The molecule has 1 saturated heterocycles. The molecule has 6 nitrogen and oxygen atoms in total. The molecular formula is C21H23ClN2O4. The van der Waals surface area contributed by atoms with Crippen LogP contribution in [-0.4, -0.2) is 62.2 Å². The molecule has 0 radical (unpaired) electrons.